The van der Waals surface area contributed by atoms with E-state index in [1.54, 1.807) is 6.07 Å². The van der Waals surface area contributed by atoms with Gasteiger partial charge in [0.05, 0.1) is 19.3 Å². The Bertz CT molecular complexity index is 578. The molecule has 3 rings (SSSR count). The van der Waals surface area contributed by atoms with Crippen molar-refractivity contribution in [3.05, 3.63) is 29.6 Å². The highest BCUT2D eigenvalue weighted by molar-refractivity contribution is 5.81. The second-order valence-electron chi connectivity index (χ2n) is 6.15. The summed E-state index contributed by atoms with van der Waals surface area (Å²) < 4.78 is 24.6. The number of anilines is 1. The van der Waals surface area contributed by atoms with Gasteiger partial charge in [-0.2, -0.15) is 0 Å². The van der Waals surface area contributed by atoms with Gasteiger partial charge in [-0.3, -0.25) is 4.79 Å². The monoisotopic (exact) mass is 337 g/mol. The van der Waals surface area contributed by atoms with Crippen LogP contribution in [0.2, 0.25) is 0 Å². The molecule has 0 radical (unpaired) electrons. The van der Waals surface area contributed by atoms with Gasteiger partial charge >= 0.3 is 0 Å². The molecule has 2 saturated heterocycles. The quantitative estimate of drug-likeness (QED) is 0.831. The molecule has 2 atom stereocenters. The van der Waals surface area contributed by atoms with Crippen molar-refractivity contribution in [3.63, 3.8) is 0 Å². The maximum absolute atomic E-state index is 13.6. The Kier molecular flexibility index (Phi) is 5.65. The number of ether oxygens (including phenoxy) is 2. The summed E-state index contributed by atoms with van der Waals surface area (Å²) in [4.78, 5) is 14.4. The number of benzene rings is 1. The molecule has 24 heavy (non-hydrogen) atoms. The minimum absolute atomic E-state index is 0.0427. The molecule has 7 heteroatoms. The summed E-state index contributed by atoms with van der Waals surface area (Å²) in [5.41, 5.74) is 7.27. The van der Waals surface area contributed by atoms with E-state index >= 15 is 0 Å². The van der Waals surface area contributed by atoms with Crippen LogP contribution in [0, 0.1) is 5.82 Å². The number of morpholine rings is 1. The summed E-state index contributed by atoms with van der Waals surface area (Å²) in [7, 11) is 0. The predicted octanol–water partition coefficient (Wildman–Crippen LogP) is 0.785. The SMILES string of the molecule is NC[C@H]1CC[C@@H](C(=O)NCc2cc(F)ccc2N2CCOCC2)O1. The fraction of sp³-hybridized carbons (Fsp3) is 0.588. The van der Waals surface area contributed by atoms with Crippen molar-refractivity contribution < 1.29 is 18.7 Å². The molecule has 0 aromatic heterocycles. The van der Waals surface area contributed by atoms with Crippen LogP contribution in [0.25, 0.3) is 0 Å². The first kappa shape index (κ1) is 17.1. The standard InChI is InChI=1S/C17H24FN3O3/c18-13-1-3-15(21-5-7-23-8-6-21)12(9-13)11-20-17(22)16-4-2-14(10-19)24-16/h1,3,9,14,16H,2,4-8,10-11,19H2,(H,20,22)/t14-,16+/m1/s1. The first-order valence-electron chi connectivity index (χ1n) is 8.41. The maximum Gasteiger partial charge on any atom is 0.249 e. The smallest absolute Gasteiger partial charge is 0.249 e. The third kappa shape index (κ3) is 4.03. The molecule has 0 spiro atoms. The number of halogens is 1. The molecule has 0 saturated carbocycles. The number of carbonyl (C=O) groups excluding carboxylic acids is 1. The van der Waals surface area contributed by atoms with Gasteiger partial charge in [-0.1, -0.05) is 0 Å². The third-order valence-corrected chi connectivity index (χ3v) is 4.51. The minimum atomic E-state index is -0.459. The highest BCUT2D eigenvalue weighted by Gasteiger charge is 2.29. The normalized spacial score (nSPS) is 24.2. The Hall–Kier alpha value is -1.70. The molecule has 0 bridgehead atoms. The van der Waals surface area contributed by atoms with Crippen LogP contribution in [0.15, 0.2) is 18.2 Å². The Morgan fingerprint density at radius 1 is 1.33 bits per heavy atom. The fourth-order valence-electron chi connectivity index (χ4n) is 3.18. The molecular formula is C17H24FN3O3. The van der Waals surface area contributed by atoms with E-state index in [1.165, 1.54) is 12.1 Å². The number of carbonyl (C=O) groups is 1. The third-order valence-electron chi connectivity index (χ3n) is 4.51. The van der Waals surface area contributed by atoms with Crippen LogP contribution in [0.5, 0.6) is 0 Å². The second kappa shape index (κ2) is 7.92. The van der Waals surface area contributed by atoms with E-state index in [0.29, 0.717) is 26.2 Å². The van der Waals surface area contributed by atoms with Crippen LogP contribution in [-0.2, 0) is 20.8 Å². The van der Waals surface area contributed by atoms with Gasteiger partial charge in [-0.15, -0.1) is 0 Å². The van der Waals surface area contributed by atoms with Crippen molar-refractivity contribution in [2.45, 2.75) is 31.6 Å². The highest BCUT2D eigenvalue weighted by atomic mass is 19.1. The van der Waals surface area contributed by atoms with E-state index in [1.807, 2.05) is 0 Å². The number of hydrogen-bond donors (Lipinski definition) is 2. The number of nitrogens with two attached hydrogens (primary N) is 1. The topological polar surface area (TPSA) is 76.8 Å². The Labute approximate surface area is 141 Å². The van der Waals surface area contributed by atoms with E-state index in [-0.39, 0.29) is 24.4 Å². The molecule has 1 amide bonds. The minimum Gasteiger partial charge on any atom is -0.378 e. The van der Waals surface area contributed by atoms with Gasteiger partial charge < -0.3 is 25.4 Å². The summed E-state index contributed by atoms with van der Waals surface area (Å²) in [6.45, 7) is 3.53. The predicted molar refractivity (Wildman–Crippen MR) is 88.2 cm³/mol. The van der Waals surface area contributed by atoms with E-state index in [9.17, 15) is 9.18 Å². The lowest BCUT2D eigenvalue weighted by atomic mass is 10.1. The summed E-state index contributed by atoms with van der Waals surface area (Å²) >= 11 is 0. The molecule has 0 unspecified atom stereocenters. The summed E-state index contributed by atoms with van der Waals surface area (Å²) in [5, 5.41) is 2.86. The Morgan fingerprint density at radius 2 is 2.12 bits per heavy atom. The van der Waals surface area contributed by atoms with Crippen molar-refractivity contribution in [1.82, 2.24) is 5.32 Å². The maximum atomic E-state index is 13.6. The zero-order valence-electron chi connectivity index (χ0n) is 13.7. The van der Waals surface area contributed by atoms with Crippen molar-refractivity contribution in [2.75, 3.05) is 37.7 Å². The zero-order valence-corrected chi connectivity index (χ0v) is 13.7. The first-order chi connectivity index (χ1) is 11.7. The van der Waals surface area contributed by atoms with Crippen molar-refractivity contribution >= 4 is 11.6 Å². The summed E-state index contributed by atoms with van der Waals surface area (Å²) in [6.07, 6.45) is 0.971. The first-order valence-corrected chi connectivity index (χ1v) is 8.41. The zero-order chi connectivity index (χ0) is 16.9. The van der Waals surface area contributed by atoms with Crippen LogP contribution < -0.4 is 16.0 Å². The van der Waals surface area contributed by atoms with Gasteiger partial charge in [0.25, 0.3) is 0 Å². The molecule has 0 aliphatic carbocycles. The van der Waals surface area contributed by atoms with Gasteiger partial charge in [0.15, 0.2) is 0 Å². The van der Waals surface area contributed by atoms with Gasteiger partial charge in [0.1, 0.15) is 11.9 Å². The molecule has 2 fully saturated rings. The second-order valence-corrected chi connectivity index (χ2v) is 6.15. The highest BCUT2D eigenvalue weighted by Crippen LogP contribution is 2.23. The van der Waals surface area contributed by atoms with Crippen LogP contribution >= 0.6 is 0 Å². The molecule has 3 N–H and O–H groups in total. The van der Waals surface area contributed by atoms with E-state index in [0.717, 1.165) is 30.8 Å². The number of hydrogen-bond acceptors (Lipinski definition) is 5. The van der Waals surface area contributed by atoms with Crippen LogP contribution in [0.4, 0.5) is 10.1 Å². The molecule has 2 aliphatic rings. The molecule has 1 aromatic rings. The Balaban J connectivity index is 1.63. The number of amides is 1. The number of rotatable bonds is 5. The summed E-state index contributed by atoms with van der Waals surface area (Å²) in [6, 6.07) is 4.68. The molecule has 6 nitrogen and oxygen atoms in total. The van der Waals surface area contributed by atoms with E-state index in [2.05, 4.69) is 10.2 Å². The molecule has 1 aromatic carbocycles. The Morgan fingerprint density at radius 3 is 2.83 bits per heavy atom. The van der Waals surface area contributed by atoms with Crippen molar-refractivity contribution in [1.29, 1.82) is 0 Å². The van der Waals surface area contributed by atoms with Crippen molar-refractivity contribution in [3.8, 4) is 0 Å². The average molecular weight is 337 g/mol. The number of nitrogens with zero attached hydrogens (tertiary/aromatic N) is 1. The number of nitrogens with one attached hydrogen (secondary N) is 1. The van der Waals surface area contributed by atoms with Gasteiger partial charge in [-0.05, 0) is 36.6 Å². The van der Waals surface area contributed by atoms with Crippen LogP contribution in [0.3, 0.4) is 0 Å². The lowest BCUT2D eigenvalue weighted by Gasteiger charge is -2.30. The van der Waals surface area contributed by atoms with Crippen LogP contribution in [-0.4, -0.2) is 51.0 Å². The molecule has 132 valence electrons. The molecular weight excluding hydrogens is 313 g/mol. The summed E-state index contributed by atoms with van der Waals surface area (Å²) in [5.74, 6) is -0.472. The van der Waals surface area contributed by atoms with Gasteiger partial charge in [0, 0.05) is 31.9 Å². The van der Waals surface area contributed by atoms with Gasteiger partial charge in [0.2, 0.25) is 5.91 Å². The van der Waals surface area contributed by atoms with Crippen molar-refractivity contribution in [2.24, 2.45) is 5.73 Å². The van der Waals surface area contributed by atoms with Gasteiger partial charge in [-0.25, -0.2) is 4.39 Å². The lowest BCUT2D eigenvalue weighted by molar-refractivity contribution is -0.132. The lowest BCUT2D eigenvalue weighted by Crippen LogP contribution is -2.38. The average Bonchev–Trinajstić information content (AvgIpc) is 3.10. The fourth-order valence-corrected chi connectivity index (χ4v) is 3.18. The van der Waals surface area contributed by atoms with Crippen LogP contribution in [0.1, 0.15) is 18.4 Å². The van der Waals surface area contributed by atoms with E-state index < -0.39 is 6.10 Å². The largest absolute Gasteiger partial charge is 0.378 e. The molecule has 2 aliphatic heterocycles. The molecule has 2 heterocycles. The van der Waals surface area contributed by atoms with E-state index in [4.69, 9.17) is 15.2 Å².